The zero-order valence-corrected chi connectivity index (χ0v) is 12.1. The highest BCUT2D eigenvalue weighted by atomic mass is 35.5. The van der Waals surface area contributed by atoms with Gasteiger partial charge in [0.05, 0.1) is 20.3 Å². The fourth-order valence-electron chi connectivity index (χ4n) is 2.19. The molecule has 1 heterocycles. The maximum Gasteiger partial charge on any atom is 0.166 e. The highest BCUT2D eigenvalue weighted by Crippen LogP contribution is 2.36. The number of benzene rings is 1. The second kappa shape index (κ2) is 6.98. The molecule has 0 amide bonds. The van der Waals surface area contributed by atoms with E-state index in [-0.39, 0.29) is 6.10 Å². The van der Waals surface area contributed by atoms with Gasteiger partial charge in [0.25, 0.3) is 0 Å². The molecular weight excluding hydrogens is 266 g/mol. The van der Waals surface area contributed by atoms with Gasteiger partial charge in [-0.1, -0.05) is 11.6 Å². The summed E-state index contributed by atoms with van der Waals surface area (Å²) in [6.07, 6.45) is 2.00. The van der Waals surface area contributed by atoms with Crippen LogP contribution in [0.25, 0.3) is 0 Å². The molecule has 4 nitrogen and oxygen atoms in total. The number of hydrogen-bond donors (Lipinski definition) is 1. The molecule has 1 aliphatic heterocycles. The standard InChI is InChI=1S/C14H20ClNO3/c1-16-9-10-7-11(15)8-13(17-2)14(10)19-12-3-5-18-6-4-12/h7-8,12,16H,3-6,9H2,1-2H3. The Labute approximate surface area is 119 Å². The van der Waals surface area contributed by atoms with Crippen molar-refractivity contribution in [1.82, 2.24) is 5.32 Å². The van der Waals surface area contributed by atoms with Gasteiger partial charge in [0.15, 0.2) is 11.5 Å². The molecule has 1 aromatic rings. The average Bonchev–Trinajstić information content (AvgIpc) is 2.43. The third kappa shape index (κ3) is 3.75. The van der Waals surface area contributed by atoms with Gasteiger partial charge >= 0.3 is 0 Å². The molecule has 0 radical (unpaired) electrons. The Balaban J connectivity index is 2.24. The Morgan fingerprint density at radius 1 is 1.37 bits per heavy atom. The summed E-state index contributed by atoms with van der Waals surface area (Å²) in [5, 5.41) is 3.78. The summed E-state index contributed by atoms with van der Waals surface area (Å²) >= 11 is 6.10. The lowest BCUT2D eigenvalue weighted by Gasteiger charge is -2.25. The smallest absolute Gasteiger partial charge is 0.166 e. The van der Waals surface area contributed by atoms with Gasteiger partial charge in [-0.3, -0.25) is 0 Å². The molecule has 0 aliphatic carbocycles. The van der Waals surface area contributed by atoms with Crippen LogP contribution in [0.15, 0.2) is 12.1 Å². The summed E-state index contributed by atoms with van der Waals surface area (Å²) in [6.45, 7) is 2.19. The second-order valence-electron chi connectivity index (χ2n) is 4.56. The quantitative estimate of drug-likeness (QED) is 0.903. The third-order valence-corrected chi connectivity index (χ3v) is 3.35. The molecular formula is C14H20ClNO3. The molecule has 1 aliphatic rings. The summed E-state index contributed by atoms with van der Waals surface area (Å²) in [5.74, 6) is 1.47. The van der Waals surface area contributed by atoms with E-state index in [2.05, 4.69) is 5.32 Å². The highest BCUT2D eigenvalue weighted by molar-refractivity contribution is 6.30. The van der Waals surface area contributed by atoms with Crippen LogP contribution in [0.4, 0.5) is 0 Å². The first-order valence-electron chi connectivity index (χ1n) is 6.50. The van der Waals surface area contributed by atoms with Gasteiger partial charge in [0.2, 0.25) is 0 Å². The lowest BCUT2D eigenvalue weighted by Crippen LogP contribution is -2.26. The maximum absolute atomic E-state index is 6.11. The van der Waals surface area contributed by atoms with Gasteiger partial charge in [-0.25, -0.2) is 0 Å². The van der Waals surface area contributed by atoms with Gasteiger partial charge in [0, 0.05) is 36.0 Å². The average molecular weight is 286 g/mol. The topological polar surface area (TPSA) is 39.7 Å². The van der Waals surface area contributed by atoms with Crippen LogP contribution >= 0.6 is 11.6 Å². The Kier molecular flexibility index (Phi) is 5.31. The first kappa shape index (κ1) is 14.4. The normalized spacial score (nSPS) is 16.4. The third-order valence-electron chi connectivity index (χ3n) is 3.14. The van der Waals surface area contributed by atoms with Gasteiger partial charge < -0.3 is 19.5 Å². The molecule has 106 valence electrons. The lowest BCUT2D eigenvalue weighted by molar-refractivity contribution is 0.0241. The van der Waals surface area contributed by atoms with E-state index >= 15 is 0 Å². The Morgan fingerprint density at radius 2 is 2.11 bits per heavy atom. The molecule has 0 saturated carbocycles. The number of nitrogens with one attached hydrogen (secondary N) is 1. The fourth-order valence-corrected chi connectivity index (χ4v) is 2.42. The van der Waals surface area contributed by atoms with Crippen molar-refractivity contribution in [3.05, 3.63) is 22.7 Å². The molecule has 1 saturated heterocycles. The van der Waals surface area contributed by atoms with E-state index in [0.29, 0.717) is 17.3 Å². The summed E-state index contributed by atoms with van der Waals surface area (Å²) in [7, 11) is 3.53. The molecule has 0 atom stereocenters. The first-order chi connectivity index (χ1) is 9.24. The highest BCUT2D eigenvalue weighted by Gasteiger charge is 2.20. The second-order valence-corrected chi connectivity index (χ2v) is 4.99. The zero-order chi connectivity index (χ0) is 13.7. The van der Waals surface area contributed by atoms with Crippen molar-refractivity contribution in [2.24, 2.45) is 0 Å². The predicted octanol–water partition coefficient (Wildman–Crippen LogP) is 2.63. The molecule has 1 aromatic carbocycles. The van der Waals surface area contributed by atoms with Crippen molar-refractivity contribution in [2.45, 2.75) is 25.5 Å². The van der Waals surface area contributed by atoms with Crippen molar-refractivity contribution < 1.29 is 14.2 Å². The molecule has 2 rings (SSSR count). The summed E-state index contributed by atoms with van der Waals surface area (Å²) in [6, 6.07) is 3.70. The van der Waals surface area contributed by atoms with Crippen molar-refractivity contribution in [3.8, 4) is 11.5 Å². The van der Waals surface area contributed by atoms with Crippen LogP contribution in [0.5, 0.6) is 11.5 Å². The van der Waals surface area contributed by atoms with E-state index in [1.54, 1.807) is 13.2 Å². The largest absolute Gasteiger partial charge is 0.493 e. The Hall–Kier alpha value is -0.970. The van der Waals surface area contributed by atoms with Crippen LogP contribution in [0.2, 0.25) is 5.02 Å². The SMILES string of the molecule is CNCc1cc(Cl)cc(OC)c1OC1CCOCC1. The molecule has 1 fully saturated rings. The van der Waals surface area contributed by atoms with Crippen molar-refractivity contribution in [2.75, 3.05) is 27.4 Å². The van der Waals surface area contributed by atoms with Crippen LogP contribution in [0.1, 0.15) is 18.4 Å². The van der Waals surface area contributed by atoms with E-state index in [0.717, 1.165) is 37.4 Å². The Bertz CT molecular complexity index is 419. The number of ether oxygens (including phenoxy) is 3. The Morgan fingerprint density at radius 3 is 2.74 bits per heavy atom. The zero-order valence-electron chi connectivity index (χ0n) is 11.4. The summed E-state index contributed by atoms with van der Waals surface area (Å²) < 4.78 is 16.8. The van der Waals surface area contributed by atoms with Crippen LogP contribution < -0.4 is 14.8 Å². The van der Waals surface area contributed by atoms with Gasteiger partial charge in [-0.2, -0.15) is 0 Å². The molecule has 1 N–H and O–H groups in total. The van der Waals surface area contributed by atoms with Crippen LogP contribution in [0.3, 0.4) is 0 Å². The van der Waals surface area contributed by atoms with Crippen molar-refractivity contribution in [3.63, 3.8) is 0 Å². The monoisotopic (exact) mass is 285 g/mol. The minimum Gasteiger partial charge on any atom is -0.493 e. The predicted molar refractivity (Wildman–Crippen MR) is 75.2 cm³/mol. The number of methoxy groups -OCH3 is 1. The van der Waals surface area contributed by atoms with E-state index in [1.807, 2.05) is 13.1 Å². The first-order valence-corrected chi connectivity index (χ1v) is 6.87. The molecule has 19 heavy (non-hydrogen) atoms. The molecule has 0 bridgehead atoms. The molecule has 0 aromatic heterocycles. The van der Waals surface area contributed by atoms with E-state index in [9.17, 15) is 0 Å². The number of hydrogen-bond acceptors (Lipinski definition) is 4. The van der Waals surface area contributed by atoms with Gasteiger partial charge in [-0.05, 0) is 13.1 Å². The minimum atomic E-state index is 0.180. The van der Waals surface area contributed by atoms with Crippen LogP contribution in [-0.2, 0) is 11.3 Å². The summed E-state index contributed by atoms with van der Waals surface area (Å²) in [4.78, 5) is 0. The molecule has 5 heteroatoms. The van der Waals surface area contributed by atoms with E-state index in [4.69, 9.17) is 25.8 Å². The summed E-state index contributed by atoms with van der Waals surface area (Å²) in [5.41, 5.74) is 1.01. The number of halogens is 1. The lowest BCUT2D eigenvalue weighted by atomic mass is 10.1. The maximum atomic E-state index is 6.11. The van der Waals surface area contributed by atoms with Crippen molar-refractivity contribution in [1.29, 1.82) is 0 Å². The van der Waals surface area contributed by atoms with Gasteiger partial charge in [0.1, 0.15) is 6.10 Å². The van der Waals surface area contributed by atoms with Gasteiger partial charge in [-0.15, -0.1) is 0 Å². The fraction of sp³-hybridized carbons (Fsp3) is 0.571. The van der Waals surface area contributed by atoms with Crippen LogP contribution in [-0.4, -0.2) is 33.5 Å². The van der Waals surface area contributed by atoms with Crippen LogP contribution in [0, 0.1) is 0 Å². The minimum absolute atomic E-state index is 0.180. The number of rotatable bonds is 5. The van der Waals surface area contributed by atoms with E-state index < -0.39 is 0 Å². The molecule has 0 spiro atoms. The van der Waals surface area contributed by atoms with Crippen molar-refractivity contribution >= 4 is 11.6 Å². The molecule has 0 unspecified atom stereocenters. The van der Waals surface area contributed by atoms with E-state index in [1.165, 1.54) is 0 Å².